The van der Waals surface area contributed by atoms with E-state index in [0.29, 0.717) is 12.5 Å². The average molecular weight is 415 g/mol. The van der Waals surface area contributed by atoms with Crippen molar-refractivity contribution in [2.45, 2.75) is 42.5 Å². The van der Waals surface area contributed by atoms with Gasteiger partial charge < -0.3 is 10.6 Å². The van der Waals surface area contributed by atoms with E-state index in [1.807, 2.05) is 6.07 Å². The highest BCUT2D eigenvalue weighted by Gasteiger charge is 2.35. The van der Waals surface area contributed by atoms with Crippen LogP contribution in [0.3, 0.4) is 0 Å². The molecule has 0 aromatic heterocycles. The Labute approximate surface area is 173 Å². The summed E-state index contributed by atoms with van der Waals surface area (Å²) >= 11 is 0. The smallest absolute Gasteiger partial charge is 0.240 e. The molecule has 6 nitrogen and oxygen atoms in total. The Morgan fingerprint density at radius 2 is 1.76 bits per heavy atom. The van der Waals surface area contributed by atoms with Gasteiger partial charge in [0.05, 0.1) is 4.90 Å². The number of guanidine groups is 1. The second-order valence-electron chi connectivity index (χ2n) is 7.49. The molecule has 2 aromatic rings. The number of nitrogens with zero attached hydrogens (tertiary/aromatic N) is 1. The van der Waals surface area contributed by atoms with Crippen molar-refractivity contribution in [3.8, 4) is 0 Å². The zero-order chi connectivity index (χ0) is 20.7. The highest BCUT2D eigenvalue weighted by molar-refractivity contribution is 7.89. The van der Waals surface area contributed by atoms with E-state index in [4.69, 9.17) is 0 Å². The molecule has 3 N–H and O–H groups in total. The van der Waals surface area contributed by atoms with Crippen molar-refractivity contribution in [3.05, 3.63) is 65.7 Å². The van der Waals surface area contributed by atoms with Gasteiger partial charge in [0.25, 0.3) is 0 Å². The lowest BCUT2D eigenvalue weighted by atomic mass is 9.79. The zero-order valence-corrected chi connectivity index (χ0v) is 17.9. The standard InChI is InChI=1S/C22H30N4O2S/c1-23-21(25-16-18-9-8-12-20(15-18)29(27,28)24-2)26-17-22(13-6-7-14-22)19-10-4-3-5-11-19/h3-5,8-12,15,24H,6-7,13-14,16-17H2,1-2H3,(H2,23,25,26). The maximum absolute atomic E-state index is 12.0. The number of hydrogen-bond donors (Lipinski definition) is 3. The first-order valence-corrected chi connectivity index (χ1v) is 11.5. The minimum absolute atomic E-state index is 0.139. The van der Waals surface area contributed by atoms with Crippen LogP contribution in [0.1, 0.15) is 36.8 Å². The van der Waals surface area contributed by atoms with Gasteiger partial charge in [-0.1, -0.05) is 55.3 Å². The monoisotopic (exact) mass is 414 g/mol. The van der Waals surface area contributed by atoms with Gasteiger partial charge in [0.1, 0.15) is 0 Å². The third kappa shape index (κ3) is 5.16. The normalized spacial score (nSPS) is 16.6. The molecular formula is C22H30N4O2S. The van der Waals surface area contributed by atoms with E-state index in [2.05, 4.69) is 50.7 Å². The molecule has 29 heavy (non-hydrogen) atoms. The van der Waals surface area contributed by atoms with Crippen molar-refractivity contribution in [3.63, 3.8) is 0 Å². The summed E-state index contributed by atoms with van der Waals surface area (Å²) in [6.45, 7) is 1.32. The molecule has 1 aliphatic carbocycles. The molecule has 1 aliphatic rings. The number of aliphatic imine (C=N–C) groups is 1. The summed E-state index contributed by atoms with van der Waals surface area (Å²) in [4.78, 5) is 4.60. The van der Waals surface area contributed by atoms with Crippen LogP contribution in [0.15, 0.2) is 64.5 Å². The average Bonchev–Trinajstić information content (AvgIpc) is 3.25. The molecule has 0 saturated heterocycles. The van der Waals surface area contributed by atoms with Gasteiger partial charge in [-0.05, 0) is 43.1 Å². The Bertz CT molecular complexity index is 936. The molecule has 2 aromatic carbocycles. The lowest BCUT2D eigenvalue weighted by molar-refractivity contribution is 0.431. The van der Waals surface area contributed by atoms with Gasteiger partial charge >= 0.3 is 0 Å². The molecule has 0 spiro atoms. The lowest BCUT2D eigenvalue weighted by Crippen LogP contribution is -2.44. The SMILES string of the molecule is CN=C(NCc1cccc(S(=O)(=O)NC)c1)NCC1(c2ccccc2)CCCC1. The van der Waals surface area contributed by atoms with Gasteiger partial charge in [0.15, 0.2) is 5.96 Å². The Morgan fingerprint density at radius 1 is 1.03 bits per heavy atom. The van der Waals surface area contributed by atoms with E-state index in [1.165, 1.54) is 38.3 Å². The summed E-state index contributed by atoms with van der Waals surface area (Å²) in [5, 5.41) is 6.78. The highest BCUT2D eigenvalue weighted by atomic mass is 32.2. The van der Waals surface area contributed by atoms with Crippen LogP contribution in [0.4, 0.5) is 0 Å². The molecular weight excluding hydrogens is 384 g/mol. The van der Waals surface area contributed by atoms with Gasteiger partial charge in [-0.2, -0.15) is 0 Å². The fourth-order valence-corrected chi connectivity index (χ4v) is 4.81. The van der Waals surface area contributed by atoms with Crippen molar-refractivity contribution >= 4 is 16.0 Å². The summed E-state index contributed by atoms with van der Waals surface area (Å²) in [6.07, 6.45) is 4.83. The van der Waals surface area contributed by atoms with E-state index in [0.717, 1.165) is 12.1 Å². The van der Waals surface area contributed by atoms with Crippen molar-refractivity contribution in [1.29, 1.82) is 0 Å². The third-order valence-electron chi connectivity index (χ3n) is 5.70. The molecule has 0 bridgehead atoms. The molecule has 3 rings (SSSR count). The molecule has 0 heterocycles. The van der Waals surface area contributed by atoms with Crippen LogP contribution >= 0.6 is 0 Å². The van der Waals surface area contributed by atoms with Crippen molar-refractivity contribution in [2.75, 3.05) is 20.6 Å². The Morgan fingerprint density at radius 3 is 2.41 bits per heavy atom. The lowest BCUT2D eigenvalue weighted by Gasteiger charge is -2.30. The third-order valence-corrected chi connectivity index (χ3v) is 7.11. The van der Waals surface area contributed by atoms with E-state index in [1.54, 1.807) is 25.2 Å². The van der Waals surface area contributed by atoms with Crippen LogP contribution in [-0.2, 0) is 22.0 Å². The number of sulfonamides is 1. The molecule has 1 saturated carbocycles. The summed E-state index contributed by atoms with van der Waals surface area (Å²) < 4.78 is 26.3. The molecule has 1 fully saturated rings. The minimum Gasteiger partial charge on any atom is -0.356 e. The second kappa shape index (κ2) is 9.41. The van der Waals surface area contributed by atoms with Gasteiger partial charge in [0.2, 0.25) is 10.0 Å². The van der Waals surface area contributed by atoms with E-state index >= 15 is 0 Å². The Balaban J connectivity index is 1.64. The maximum atomic E-state index is 12.0. The largest absolute Gasteiger partial charge is 0.356 e. The molecule has 0 atom stereocenters. The van der Waals surface area contributed by atoms with Gasteiger partial charge in [0, 0.05) is 25.6 Å². The molecule has 0 amide bonds. The number of benzene rings is 2. The maximum Gasteiger partial charge on any atom is 0.240 e. The van der Waals surface area contributed by atoms with Crippen LogP contribution in [0.25, 0.3) is 0 Å². The fraction of sp³-hybridized carbons (Fsp3) is 0.409. The van der Waals surface area contributed by atoms with E-state index in [-0.39, 0.29) is 10.3 Å². The summed E-state index contributed by atoms with van der Waals surface area (Å²) in [5.41, 5.74) is 2.40. The minimum atomic E-state index is -3.45. The first-order chi connectivity index (χ1) is 14.0. The number of rotatable bonds is 7. The Hall–Kier alpha value is -2.38. The van der Waals surface area contributed by atoms with E-state index in [9.17, 15) is 8.42 Å². The van der Waals surface area contributed by atoms with E-state index < -0.39 is 10.0 Å². The topological polar surface area (TPSA) is 82.6 Å². The summed E-state index contributed by atoms with van der Waals surface area (Å²) in [6, 6.07) is 17.6. The molecule has 0 aliphatic heterocycles. The highest BCUT2D eigenvalue weighted by Crippen LogP contribution is 2.40. The van der Waals surface area contributed by atoms with Crippen LogP contribution in [0.2, 0.25) is 0 Å². The Kier molecular flexibility index (Phi) is 6.92. The summed E-state index contributed by atoms with van der Waals surface area (Å²) in [7, 11) is -0.283. The zero-order valence-electron chi connectivity index (χ0n) is 17.1. The van der Waals surface area contributed by atoms with Crippen LogP contribution in [0.5, 0.6) is 0 Å². The second-order valence-corrected chi connectivity index (χ2v) is 9.37. The molecule has 156 valence electrons. The number of nitrogens with one attached hydrogen (secondary N) is 3. The predicted molar refractivity (Wildman–Crippen MR) is 117 cm³/mol. The molecule has 0 radical (unpaired) electrons. The van der Waals surface area contributed by atoms with Gasteiger partial charge in [-0.3, -0.25) is 4.99 Å². The quantitative estimate of drug-likeness (QED) is 0.481. The van der Waals surface area contributed by atoms with Gasteiger partial charge in [-0.15, -0.1) is 0 Å². The number of hydrogen-bond acceptors (Lipinski definition) is 3. The van der Waals surface area contributed by atoms with Crippen molar-refractivity contribution < 1.29 is 8.42 Å². The van der Waals surface area contributed by atoms with Crippen molar-refractivity contribution in [1.82, 2.24) is 15.4 Å². The van der Waals surface area contributed by atoms with Crippen LogP contribution in [0, 0.1) is 0 Å². The van der Waals surface area contributed by atoms with Crippen LogP contribution in [-0.4, -0.2) is 35.0 Å². The summed E-state index contributed by atoms with van der Waals surface area (Å²) in [5.74, 6) is 0.717. The van der Waals surface area contributed by atoms with Crippen LogP contribution < -0.4 is 15.4 Å². The van der Waals surface area contributed by atoms with Crippen molar-refractivity contribution in [2.24, 2.45) is 4.99 Å². The first kappa shape index (κ1) is 21.3. The first-order valence-electron chi connectivity index (χ1n) is 10.0. The fourth-order valence-electron chi connectivity index (χ4n) is 4.01. The molecule has 0 unspecified atom stereocenters. The molecule has 7 heteroatoms. The van der Waals surface area contributed by atoms with Gasteiger partial charge in [-0.25, -0.2) is 13.1 Å². The predicted octanol–water partition coefficient (Wildman–Crippen LogP) is 2.77.